The van der Waals surface area contributed by atoms with Gasteiger partial charge in [-0.05, 0) is 17.7 Å². The predicted molar refractivity (Wildman–Crippen MR) is 48.8 cm³/mol. The Bertz CT molecular complexity index is 294. The molecule has 1 aromatic carbocycles. The molecule has 0 unspecified atom stereocenters. The van der Waals surface area contributed by atoms with E-state index < -0.39 is 12.1 Å². The maximum atomic E-state index is 10.7. The largest absolute Gasteiger partial charge is 0.479 e. The van der Waals surface area contributed by atoms with Crippen LogP contribution >= 0.6 is 11.6 Å². The first-order valence-electron chi connectivity index (χ1n) is 3.66. The Kier molecular flexibility index (Phi) is 3.28. The van der Waals surface area contributed by atoms with Crippen LogP contribution in [0.15, 0.2) is 24.3 Å². The minimum Gasteiger partial charge on any atom is -0.479 e. The highest BCUT2D eigenvalue weighted by atomic mass is 35.5. The molecule has 70 valence electrons. The van der Waals surface area contributed by atoms with E-state index >= 15 is 0 Å². The zero-order valence-electron chi connectivity index (χ0n) is 7.03. The maximum absolute atomic E-state index is 10.7. The zero-order chi connectivity index (χ0) is 9.84. The van der Waals surface area contributed by atoms with Crippen LogP contribution in [0.25, 0.3) is 0 Å². The van der Waals surface area contributed by atoms with E-state index in [2.05, 4.69) is 0 Å². The van der Waals surface area contributed by atoms with Crippen molar-refractivity contribution >= 4 is 17.6 Å². The first kappa shape index (κ1) is 10.0. The summed E-state index contributed by atoms with van der Waals surface area (Å²) in [6.07, 6.45) is -0.919. The van der Waals surface area contributed by atoms with Gasteiger partial charge in [0.05, 0.1) is 0 Å². The average molecular weight is 201 g/mol. The Morgan fingerprint density at radius 3 is 2.38 bits per heavy atom. The van der Waals surface area contributed by atoms with Crippen LogP contribution in [0, 0.1) is 0 Å². The van der Waals surface area contributed by atoms with E-state index in [0.717, 1.165) is 0 Å². The Labute approximate surface area is 80.9 Å². The molecular weight excluding hydrogens is 192 g/mol. The Hall–Kier alpha value is -1.06. The first-order chi connectivity index (χ1) is 6.15. The van der Waals surface area contributed by atoms with Crippen molar-refractivity contribution in [1.29, 1.82) is 0 Å². The number of carboxylic acid groups (broad SMARTS) is 1. The molecule has 1 N–H and O–H groups in total. The lowest BCUT2D eigenvalue weighted by molar-refractivity contribution is -0.148. The molecule has 1 aromatic rings. The minimum atomic E-state index is -1.01. The van der Waals surface area contributed by atoms with E-state index in [-0.39, 0.29) is 0 Å². The second-order valence-corrected chi connectivity index (χ2v) is 2.94. The fourth-order valence-electron chi connectivity index (χ4n) is 1.02. The van der Waals surface area contributed by atoms with Gasteiger partial charge in [-0.15, -0.1) is 0 Å². The summed E-state index contributed by atoms with van der Waals surface area (Å²) in [5.74, 6) is -1.01. The Balaban J connectivity index is 2.92. The van der Waals surface area contributed by atoms with Gasteiger partial charge in [-0.2, -0.15) is 0 Å². The van der Waals surface area contributed by atoms with Crippen molar-refractivity contribution in [2.75, 3.05) is 7.11 Å². The lowest BCUT2D eigenvalue weighted by Gasteiger charge is -2.09. The van der Waals surface area contributed by atoms with E-state index in [1.54, 1.807) is 24.3 Å². The highest BCUT2D eigenvalue weighted by molar-refractivity contribution is 6.30. The number of hydrogen-bond donors (Lipinski definition) is 1. The number of ether oxygens (including phenoxy) is 1. The van der Waals surface area contributed by atoms with Crippen LogP contribution in [0.1, 0.15) is 11.7 Å². The molecule has 0 fully saturated rings. The molecule has 0 saturated heterocycles. The summed E-state index contributed by atoms with van der Waals surface area (Å²) >= 11 is 5.65. The van der Waals surface area contributed by atoms with Gasteiger partial charge in [0.25, 0.3) is 0 Å². The molecule has 0 radical (unpaired) electrons. The fraction of sp³-hybridized carbons (Fsp3) is 0.222. The van der Waals surface area contributed by atoms with Gasteiger partial charge in [-0.25, -0.2) is 4.79 Å². The molecule has 0 saturated carbocycles. The number of aliphatic carboxylic acids is 1. The third kappa shape index (κ3) is 2.44. The van der Waals surface area contributed by atoms with Crippen molar-refractivity contribution in [2.24, 2.45) is 0 Å². The molecule has 0 aromatic heterocycles. The molecule has 0 aliphatic heterocycles. The second kappa shape index (κ2) is 4.25. The van der Waals surface area contributed by atoms with Crippen molar-refractivity contribution in [2.45, 2.75) is 6.10 Å². The molecule has 0 heterocycles. The second-order valence-electron chi connectivity index (χ2n) is 2.51. The third-order valence-electron chi connectivity index (χ3n) is 1.63. The normalized spacial score (nSPS) is 12.5. The predicted octanol–water partition coefficient (Wildman–Crippen LogP) is 2.11. The van der Waals surface area contributed by atoms with E-state index in [1.807, 2.05) is 0 Å². The number of methoxy groups -OCH3 is 1. The highest BCUT2D eigenvalue weighted by Crippen LogP contribution is 2.18. The zero-order valence-corrected chi connectivity index (χ0v) is 7.78. The lowest BCUT2D eigenvalue weighted by Crippen LogP contribution is -2.13. The van der Waals surface area contributed by atoms with Crippen LogP contribution < -0.4 is 0 Å². The summed E-state index contributed by atoms with van der Waals surface area (Å²) in [7, 11) is 1.35. The Morgan fingerprint density at radius 1 is 1.46 bits per heavy atom. The number of carbonyl (C=O) groups is 1. The topological polar surface area (TPSA) is 46.5 Å². The van der Waals surface area contributed by atoms with Crippen molar-refractivity contribution in [3.63, 3.8) is 0 Å². The number of halogens is 1. The lowest BCUT2D eigenvalue weighted by atomic mass is 10.1. The highest BCUT2D eigenvalue weighted by Gasteiger charge is 2.18. The van der Waals surface area contributed by atoms with Crippen molar-refractivity contribution in [3.05, 3.63) is 34.9 Å². The molecule has 1 rings (SSSR count). The van der Waals surface area contributed by atoms with E-state index in [1.165, 1.54) is 7.11 Å². The molecular formula is C9H9ClO3. The summed E-state index contributed by atoms with van der Waals surface area (Å²) in [5, 5.41) is 9.31. The van der Waals surface area contributed by atoms with Crippen LogP contribution in [0.4, 0.5) is 0 Å². The summed E-state index contributed by atoms with van der Waals surface area (Å²) in [4.78, 5) is 10.7. The molecule has 0 aliphatic carbocycles. The SMILES string of the molecule is CO[C@H](C(=O)O)c1ccc(Cl)cc1. The molecule has 13 heavy (non-hydrogen) atoms. The summed E-state index contributed by atoms with van der Waals surface area (Å²) in [5.41, 5.74) is 0.583. The van der Waals surface area contributed by atoms with Crippen molar-refractivity contribution in [3.8, 4) is 0 Å². The van der Waals surface area contributed by atoms with Crippen LogP contribution in [-0.4, -0.2) is 18.2 Å². The van der Waals surface area contributed by atoms with Crippen LogP contribution in [0.3, 0.4) is 0 Å². The van der Waals surface area contributed by atoms with Crippen molar-refractivity contribution < 1.29 is 14.6 Å². The van der Waals surface area contributed by atoms with Crippen LogP contribution in [0.2, 0.25) is 5.02 Å². The van der Waals surface area contributed by atoms with Crippen molar-refractivity contribution in [1.82, 2.24) is 0 Å². The van der Waals surface area contributed by atoms with Gasteiger partial charge in [0.2, 0.25) is 0 Å². The molecule has 1 atom stereocenters. The molecule has 4 heteroatoms. The van der Waals surface area contributed by atoms with E-state index in [0.29, 0.717) is 10.6 Å². The molecule has 3 nitrogen and oxygen atoms in total. The number of rotatable bonds is 3. The molecule has 0 amide bonds. The summed E-state index contributed by atoms with van der Waals surface area (Å²) in [6, 6.07) is 6.52. The van der Waals surface area contributed by atoms with Gasteiger partial charge in [0.1, 0.15) is 0 Å². The van der Waals surface area contributed by atoms with E-state index in [4.69, 9.17) is 21.4 Å². The van der Waals surface area contributed by atoms with E-state index in [9.17, 15) is 4.79 Å². The quantitative estimate of drug-likeness (QED) is 0.813. The number of hydrogen-bond acceptors (Lipinski definition) is 2. The molecule has 0 aliphatic rings. The first-order valence-corrected chi connectivity index (χ1v) is 4.04. The smallest absolute Gasteiger partial charge is 0.337 e. The maximum Gasteiger partial charge on any atom is 0.337 e. The standard InChI is InChI=1S/C9H9ClO3/c1-13-8(9(11)12)6-2-4-7(10)5-3-6/h2-5,8H,1H3,(H,11,12)/t8-/m0/s1. The van der Waals surface area contributed by atoms with Crippen LogP contribution in [-0.2, 0) is 9.53 Å². The summed E-state index contributed by atoms with van der Waals surface area (Å²) < 4.78 is 4.80. The monoisotopic (exact) mass is 200 g/mol. The van der Waals surface area contributed by atoms with Gasteiger partial charge in [-0.1, -0.05) is 23.7 Å². The average Bonchev–Trinajstić information content (AvgIpc) is 2.09. The van der Waals surface area contributed by atoms with Gasteiger partial charge >= 0.3 is 5.97 Å². The van der Waals surface area contributed by atoms with Crippen LogP contribution in [0.5, 0.6) is 0 Å². The third-order valence-corrected chi connectivity index (χ3v) is 1.88. The van der Waals surface area contributed by atoms with Gasteiger partial charge < -0.3 is 9.84 Å². The van der Waals surface area contributed by atoms with Gasteiger partial charge in [-0.3, -0.25) is 0 Å². The number of carboxylic acids is 1. The molecule has 0 bridgehead atoms. The minimum absolute atomic E-state index is 0.573. The molecule has 0 spiro atoms. The summed E-state index contributed by atoms with van der Waals surface area (Å²) in [6.45, 7) is 0. The number of benzene rings is 1. The van der Waals surface area contributed by atoms with Gasteiger partial charge in [0.15, 0.2) is 6.10 Å². The fourth-order valence-corrected chi connectivity index (χ4v) is 1.14. The van der Waals surface area contributed by atoms with Gasteiger partial charge in [0, 0.05) is 12.1 Å². The Morgan fingerprint density at radius 2 is 2.00 bits per heavy atom.